The van der Waals surface area contributed by atoms with Crippen molar-refractivity contribution in [2.45, 2.75) is 11.1 Å². The number of ether oxygens (including phenoxy) is 1. The summed E-state index contributed by atoms with van der Waals surface area (Å²) in [5.41, 5.74) is -1.48. The number of halogens is 5. The van der Waals surface area contributed by atoms with E-state index in [1.54, 1.807) is 0 Å². The average molecular weight is 424 g/mol. The molecule has 0 heterocycles. The average Bonchev–Trinajstić information content (AvgIpc) is 2.59. The number of methoxy groups -OCH3 is 1. The molecule has 0 fully saturated rings. The van der Waals surface area contributed by atoms with Crippen molar-refractivity contribution in [2.75, 3.05) is 18.0 Å². The number of rotatable bonds is 6. The minimum absolute atomic E-state index is 0.179. The van der Waals surface area contributed by atoms with Crippen LogP contribution in [-0.2, 0) is 16.2 Å². The molecule has 4 nitrogen and oxygen atoms in total. The molecule has 0 atom stereocenters. The standard InChI is InChI=1S/C17H14ClF4NO3S/c1-3-8-23(15-9-11(17(20,21)22)4-6-13(15)18)27(24,25)12-5-7-16(26-2)14(19)10-12/h3-7,9-10H,1,8H2,2H3. The van der Waals surface area contributed by atoms with Crippen LogP contribution in [0.25, 0.3) is 0 Å². The van der Waals surface area contributed by atoms with Crippen LogP contribution in [0.15, 0.2) is 53.9 Å². The minimum Gasteiger partial charge on any atom is -0.494 e. The van der Waals surface area contributed by atoms with Crippen molar-refractivity contribution >= 4 is 27.3 Å². The van der Waals surface area contributed by atoms with Gasteiger partial charge in [0.2, 0.25) is 0 Å². The van der Waals surface area contributed by atoms with Crippen molar-refractivity contribution in [1.82, 2.24) is 0 Å². The number of sulfonamides is 1. The highest BCUT2D eigenvalue weighted by molar-refractivity contribution is 7.92. The van der Waals surface area contributed by atoms with E-state index in [9.17, 15) is 26.0 Å². The van der Waals surface area contributed by atoms with Gasteiger partial charge in [-0.25, -0.2) is 12.8 Å². The van der Waals surface area contributed by atoms with Crippen LogP contribution in [0.5, 0.6) is 5.75 Å². The lowest BCUT2D eigenvalue weighted by Crippen LogP contribution is -2.31. The molecule has 0 saturated heterocycles. The van der Waals surface area contributed by atoms with E-state index in [1.165, 1.54) is 13.2 Å². The first-order valence-electron chi connectivity index (χ1n) is 7.36. The highest BCUT2D eigenvalue weighted by Gasteiger charge is 2.33. The summed E-state index contributed by atoms with van der Waals surface area (Å²) in [7, 11) is -3.23. The topological polar surface area (TPSA) is 46.6 Å². The summed E-state index contributed by atoms with van der Waals surface area (Å²) < 4.78 is 84.2. The van der Waals surface area contributed by atoms with Crippen LogP contribution in [0.1, 0.15) is 5.56 Å². The molecule has 0 aromatic heterocycles. The van der Waals surface area contributed by atoms with Crippen LogP contribution < -0.4 is 9.04 Å². The Morgan fingerprint density at radius 3 is 2.41 bits per heavy atom. The van der Waals surface area contributed by atoms with Crippen molar-refractivity contribution in [3.8, 4) is 5.75 Å². The fourth-order valence-electron chi connectivity index (χ4n) is 2.26. The molecule has 0 N–H and O–H groups in total. The van der Waals surface area contributed by atoms with Crippen molar-refractivity contribution in [3.05, 3.63) is 65.5 Å². The van der Waals surface area contributed by atoms with E-state index in [2.05, 4.69) is 6.58 Å². The molecule has 0 bridgehead atoms. The highest BCUT2D eigenvalue weighted by Crippen LogP contribution is 2.37. The number of anilines is 1. The summed E-state index contributed by atoms with van der Waals surface area (Å²) in [4.78, 5) is -0.476. The normalized spacial score (nSPS) is 11.9. The monoisotopic (exact) mass is 423 g/mol. The molecule has 27 heavy (non-hydrogen) atoms. The van der Waals surface area contributed by atoms with E-state index in [1.807, 2.05) is 0 Å². The molecule has 0 spiro atoms. The Morgan fingerprint density at radius 2 is 1.89 bits per heavy atom. The second-order valence-corrected chi connectivity index (χ2v) is 7.55. The molecule has 0 saturated carbocycles. The maximum atomic E-state index is 13.9. The zero-order valence-corrected chi connectivity index (χ0v) is 15.5. The van der Waals surface area contributed by atoms with Crippen molar-refractivity contribution in [3.63, 3.8) is 0 Å². The van der Waals surface area contributed by atoms with Gasteiger partial charge >= 0.3 is 6.18 Å². The zero-order chi connectivity index (χ0) is 20.4. The predicted octanol–water partition coefficient (Wildman–Crippen LogP) is 4.89. The van der Waals surface area contributed by atoms with Gasteiger partial charge in [0.1, 0.15) is 0 Å². The third-order valence-corrected chi connectivity index (χ3v) is 5.64. The van der Waals surface area contributed by atoms with Gasteiger partial charge in [-0.2, -0.15) is 13.2 Å². The Morgan fingerprint density at radius 1 is 1.22 bits per heavy atom. The summed E-state index contributed by atoms with van der Waals surface area (Å²) >= 11 is 5.95. The van der Waals surface area contributed by atoms with Crippen LogP contribution in [-0.4, -0.2) is 22.1 Å². The van der Waals surface area contributed by atoms with Crippen molar-refractivity contribution in [1.29, 1.82) is 0 Å². The van der Waals surface area contributed by atoms with Gasteiger partial charge < -0.3 is 4.74 Å². The maximum Gasteiger partial charge on any atom is 0.416 e. The van der Waals surface area contributed by atoms with E-state index in [0.717, 1.165) is 24.3 Å². The summed E-state index contributed by atoms with van der Waals surface area (Å²) in [6.45, 7) is 3.04. The minimum atomic E-state index is -4.70. The second-order valence-electron chi connectivity index (χ2n) is 5.29. The number of alkyl halides is 3. The fourth-order valence-corrected chi connectivity index (χ4v) is 3.99. The molecular weight excluding hydrogens is 410 g/mol. The Hall–Kier alpha value is -2.26. The molecule has 2 aromatic rings. The first-order valence-corrected chi connectivity index (χ1v) is 9.18. The molecule has 146 valence electrons. The largest absolute Gasteiger partial charge is 0.494 e. The van der Waals surface area contributed by atoms with E-state index >= 15 is 0 Å². The number of hydrogen-bond acceptors (Lipinski definition) is 3. The van der Waals surface area contributed by atoms with Gasteiger partial charge in [0.05, 0.1) is 34.8 Å². The molecule has 10 heteroatoms. The first-order chi connectivity index (χ1) is 12.5. The molecule has 0 amide bonds. The molecule has 2 aromatic carbocycles. The lowest BCUT2D eigenvalue weighted by atomic mass is 10.2. The third-order valence-electron chi connectivity index (χ3n) is 3.55. The zero-order valence-electron chi connectivity index (χ0n) is 13.9. The lowest BCUT2D eigenvalue weighted by molar-refractivity contribution is -0.137. The third kappa shape index (κ3) is 4.36. The molecule has 0 aliphatic heterocycles. The summed E-state index contributed by atoms with van der Waals surface area (Å²) in [5.74, 6) is -1.12. The number of nitrogens with zero attached hydrogens (tertiary/aromatic N) is 1. The summed E-state index contributed by atoms with van der Waals surface area (Å²) in [5, 5.41) is -0.220. The summed E-state index contributed by atoms with van der Waals surface area (Å²) in [6, 6.07) is 5.18. The van der Waals surface area contributed by atoms with E-state index < -0.39 is 38.2 Å². The fraction of sp³-hybridized carbons (Fsp3) is 0.176. The van der Waals surface area contributed by atoms with Crippen LogP contribution in [0.4, 0.5) is 23.2 Å². The van der Waals surface area contributed by atoms with E-state index in [4.69, 9.17) is 16.3 Å². The smallest absolute Gasteiger partial charge is 0.416 e. The molecular formula is C17H14ClF4NO3S. The Labute approximate surface area is 158 Å². The van der Waals surface area contributed by atoms with Gasteiger partial charge in [-0.3, -0.25) is 4.31 Å². The Balaban J connectivity index is 2.63. The van der Waals surface area contributed by atoms with Crippen LogP contribution in [0.2, 0.25) is 5.02 Å². The predicted molar refractivity (Wildman–Crippen MR) is 94.1 cm³/mol. The van der Waals surface area contributed by atoms with Crippen LogP contribution in [0.3, 0.4) is 0 Å². The second kappa shape index (κ2) is 7.77. The first kappa shape index (κ1) is 21.0. The summed E-state index contributed by atoms with van der Waals surface area (Å²) in [6.07, 6.45) is -3.52. The molecule has 0 aliphatic rings. The van der Waals surface area contributed by atoms with Gasteiger partial charge in [0, 0.05) is 0 Å². The van der Waals surface area contributed by atoms with E-state index in [0.29, 0.717) is 16.4 Å². The van der Waals surface area contributed by atoms with Crippen molar-refractivity contribution in [2.24, 2.45) is 0 Å². The molecule has 0 aliphatic carbocycles. The van der Waals surface area contributed by atoms with Crippen LogP contribution >= 0.6 is 11.6 Å². The van der Waals surface area contributed by atoms with Gasteiger partial charge in [-0.1, -0.05) is 17.7 Å². The lowest BCUT2D eigenvalue weighted by Gasteiger charge is -2.25. The number of benzene rings is 2. The number of hydrogen-bond donors (Lipinski definition) is 0. The molecule has 2 rings (SSSR count). The Kier molecular flexibility index (Phi) is 6.06. The quantitative estimate of drug-likeness (QED) is 0.491. The highest BCUT2D eigenvalue weighted by atomic mass is 35.5. The SMILES string of the molecule is C=CCN(c1cc(C(F)(F)F)ccc1Cl)S(=O)(=O)c1ccc(OC)c(F)c1. The molecule has 0 unspecified atom stereocenters. The Bertz CT molecular complexity index is 961. The van der Waals surface area contributed by atoms with Crippen LogP contribution in [0, 0.1) is 5.82 Å². The van der Waals surface area contributed by atoms with Crippen molar-refractivity contribution < 1.29 is 30.7 Å². The maximum absolute atomic E-state index is 13.9. The van der Waals surface area contributed by atoms with Gasteiger partial charge in [0.15, 0.2) is 11.6 Å². The van der Waals surface area contributed by atoms with Gasteiger partial charge in [-0.05, 0) is 36.4 Å². The van der Waals surface area contributed by atoms with Gasteiger partial charge in [0.25, 0.3) is 10.0 Å². The molecule has 0 radical (unpaired) electrons. The van der Waals surface area contributed by atoms with E-state index in [-0.39, 0.29) is 17.3 Å². The van der Waals surface area contributed by atoms with Gasteiger partial charge in [-0.15, -0.1) is 6.58 Å².